The van der Waals surface area contributed by atoms with E-state index in [9.17, 15) is 0 Å². The number of nitrogens with zero attached hydrogens (tertiary/aromatic N) is 2. The Hall–Kier alpha value is -1.12. The number of aromatic nitrogens is 2. The highest BCUT2D eigenvalue weighted by atomic mass is 14.9. The van der Waals surface area contributed by atoms with E-state index in [-0.39, 0.29) is 0 Å². The van der Waals surface area contributed by atoms with E-state index in [1.54, 1.807) is 13.1 Å². The molecule has 0 radical (unpaired) electrons. The van der Waals surface area contributed by atoms with Crippen molar-refractivity contribution in [3.63, 3.8) is 0 Å². The van der Waals surface area contributed by atoms with Gasteiger partial charge in [0, 0.05) is 12.0 Å². The summed E-state index contributed by atoms with van der Waals surface area (Å²) in [5, 5.41) is 0. The first-order valence-electron chi connectivity index (χ1n) is 2.72. The van der Waals surface area contributed by atoms with Crippen LogP contribution in [-0.2, 0) is 0 Å². The largest absolute Gasteiger partial charge is 0.482 e. The molecule has 3 heteroatoms. The van der Waals surface area contributed by atoms with E-state index in [1.807, 2.05) is 6.92 Å². The Kier molecular flexibility index (Phi) is 1.34. The fourth-order valence-corrected chi connectivity index (χ4v) is 0.530. The molecule has 3 nitrogen and oxygen atoms in total. The van der Waals surface area contributed by atoms with Crippen molar-refractivity contribution in [2.45, 2.75) is 13.8 Å². The van der Waals surface area contributed by atoms with Gasteiger partial charge in [-0.2, -0.15) is 0 Å². The average molecular weight is 122 g/mol. The monoisotopic (exact) mass is 122 g/mol. The van der Waals surface area contributed by atoms with Crippen LogP contribution in [0.3, 0.4) is 0 Å². The summed E-state index contributed by atoms with van der Waals surface area (Å²) in [6, 6.07) is 0. The molecule has 0 aliphatic rings. The van der Waals surface area contributed by atoms with Gasteiger partial charge >= 0.3 is 0 Å². The zero-order chi connectivity index (χ0) is 6.85. The van der Waals surface area contributed by atoms with Crippen molar-refractivity contribution >= 4 is 5.82 Å². The molecule has 9 heavy (non-hydrogen) atoms. The lowest BCUT2D eigenvalue weighted by atomic mass is 10.3. The maximum atomic E-state index is 7.21. The summed E-state index contributed by atoms with van der Waals surface area (Å²) in [6.07, 6.45) is 1.66. The predicted molar refractivity (Wildman–Crippen MR) is 35.5 cm³/mol. The Morgan fingerprint density at radius 3 is 2.56 bits per heavy atom. The summed E-state index contributed by atoms with van der Waals surface area (Å²) in [6.45, 7) is 3.60. The summed E-state index contributed by atoms with van der Waals surface area (Å²) >= 11 is 0. The number of hydrogen-bond acceptors (Lipinski definition) is 2. The zero-order valence-electron chi connectivity index (χ0n) is 5.47. The molecular weight excluding hydrogens is 114 g/mol. The lowest BCUT2D eigenvalue weighted by Gasteiger charge is -2.06. The minimum Gasteiger partial charge on any atom is -0.482 e. The van der Waals surface area contributed by atoms with Crippen molar-refractivity contribution in [2.75, 3.05) is 0 Å². The van der Waals surface area contributed by atoms with E-state index in [2.05, 4.69) is 9.97 Å². The van der Waals surface area contributed by atoms with Crippen molar-refractivity contribution in [3.05, 3.63) is 23.3 Å². The number of nitrogens with one attached hydrogen (secondary N) is 1. The third-order valence-corrected chi connectivity index (χ3v) is 1.09. The molecule has 0 bridgehead atoms. The average Bonchev–Trinajstić information content (AvgIpc) is 1.80. The van der Waals surface area contributed by atoms with Gasteiger partial charge in [-0.1, -0.05) is 5.82 Å². The van der Waals surface area contributed by atoms with Gasteiger partial charge in [-0.25, -0.2) is 0 Å². The van der Waals surface area contributed by atoms with Crippen LogP contribution in [0.5, 0.6) is 0 Å². The molecule has 1 N–H and O–H groups in total. The third-order valence-electron chi connectivity index (χ3n) is 1.09. The minimum atomic E-state index is 0.322. The quantitative estimate of drug-likeness (QED) is 0.526. The van der Waals surface area contributed by atoms with Gasteiger partial charge in [0.05, 0.1) is 0 Å². The highest BCUT2D eigenvalue weighted by Crippen LogP contribution is 2.10. The Morgan fingerprint density at radius 2 is 2.11 bits per heavy atom. The van der Waals surface area contributed by atoms with Crippen molar-refractivity contribution in [3.8, 4) is 0 Å². The van der Waals surface area contributed by atoms with Crippen molar-refractivity contribution < 1.29 is 0 Å². The molecule has 0 saturated heterocycles. The smallest absolute Gasteiger partial charge is 0.0294 e. The first kappa shape index (κ1) is 6.01. The van der Waals surface area contributed by atoms with Crippen LogP contribution in [0.4, 0.5) is 5.82 Å². The molecule has 1 rings (SSSR count). The van der Waals surface area contributed by atoms with Gasteiger partial charge in [0.15, 0.2) is 0 Å². The summed E-state index contributed by atoms with van der Waals surface area (Å²) in [7, 11) is 0. The van der Waals surface area contributed by atoms with Crippen molar-refractivity contribution in [2.24, 2.45) is 0 Å². The summed E-state index contributed by atoms with van der Waals surface area (Å²) in [5.74, 6) is 0.980. The molecule has 0 fully saturated rings. The van der Waals surface area contributed by atoms with Crippen LogP contribution in [0.25, 0.3) is 5.73 Å². The fourth-order valence-electron chi connectivity index (χ4n) is 0.530. The summed E-state index contributed by atoms with van der Waals surface area (Å²) < 4.78 is 0. The maximum absolute atomic E-state index is 7.21. The molecule has 0 saturated carbocycles. The van der Waals surface area contributed by atoms with Gasteiger partial charge in [0.25, 0.3) is 0 Å². The van der Waals surface area contributed by atoms with Crippen LogP contribution in [0.15, 0.2) is 6.20 Å². The third kappa shape index (κ3) is 1.16. The lowest BCUT2D eigenvalue weighted by molar-refractivity contribution is 1.05. The SMILES string of the molecule is Cc1ncc(C)c([NH-])n1. The topological polar surface area (TPSA) is 49.6 Å². The first-order chi connectivity index (χ1) is 4.20. The zero-order valence-corrected chi connectivity index (χ0v) is 5.47. The van der Waals surface area contributed by atoms with Gasteiger partial charge in [-0.05, 0) is 19.4 Å². The van der Waals surface area contributed by atoms with Gasteiger partial charge in [-0.3, -0.25) is 4.98 Å². The number of rotatable bonds is 0. The molecule has 1 heterocycles. The van der Waals surface area contributed by atoms with E-state index in [4.69, 9.17) is 5.73 Å². The Labute approximate surface area is 53.9 Å². The molecule has 0 atom stereocenters. The molecule has 0 aliphatic carbocycles. The Balaban J connectivity index is 3.17. The van der Waals surface area contributed by atoms with Crippen LogP contribution in [0.2, 0.25) is 0 Å². The predicted octanol–water partition coefficient (Wildman–Crippen LogP) is 1.78. The normalized spacial score (nSPS) is 9.56. The second kappa shape index (κ2) is 2.01. The summed E-state index contributed by atoms with van der Waals surface area (Å²) in [5.41, 5.74) is 8.03. The van der Waals surface area contributed by atoms with E-state index < -0.39 is 0 Å². The van der Waals surface area contributed by atoms with E-state index >= 15 is 0 Å². The van der Waals surface area contributed by atoms with Gasteiger partial charge in [-0.15, -0.1) is 0 Å². The van der Waals surface area contributed by atoms with Crippen LogP contribution in [0, 0.1) is 13.8 Å². The molecule has 0 aromatic carbocycles. The fraction of sp³-hybridized carbons (Fsp3) is 0.333. The molecule has 0 aliphatic heterocycles. The highest BCUT2D eigenvalue weighted by Gasteiger charge is 1.83. The Morgan fingerprint density at radius 1 is 1.44 bits per heavy atom. The maximum Gasteiger partial charge on any atom is 0.0294 e. The standard InChI is InChI=1S/C6H8N3/c1-4-3-8-5(2)9-6(4)7/h3H,1-2H3,(H-,7,8,9)/q-1. The molecule has 0 unspecified atom stereocenters. The minimum absolute atomic E-state index is 0.322. The van der Waals surface area contributed by atoms with Crippen LogP contribution >= 0.6 is 0 Å². The molecule has 0 spiro atoms. The summed E-state index contributed by atoms with van der Waals surface area (Å²) in [4.78, 5) is 7.74. The van der Waals surface area contributed by atoms with Crippen LogP contribution < -0.4 is 0 Å². The number of aryl methyl sites for hydroxylation is 2. The van der Waals surface area contributed by atoms with Crippen molar-refractivity contribution in [1.29, 1.82) is 0 Å². The van der Waals surface area contributed by atoms with Gasteiger partial charge in [0.2, 0.25) is 0 Å². The van der Waals surface area contributed by atoms with Crippen LogP contribution in [0.1, 0.15) is 11.4 Å². The van der Waals surface area contributed by atoms with Gasteiger partial charge < -0.3 is 10.7 Å². The number of hydrogen-bond donors (Lipinski definition) is 0. The van der Waals surface area contributed by atoms with Crippen LogP contribution in [-0.4, -0.2) is 9.97 Å². The van der Waals surface area contributed by atoms with Crippen molar-refractivity contribution in [1.82, 2.24) is 9.97 Å². The second-order valence-corrected chi connectivity index (χ2v) is 1.95. The molecule has 1 aromatic rings. The van der Waals surface area contributed by atoms with Gasteiger partial charge in [0.1, 0.15) is 0 Å². The molecular formula is C6H8N3-. The highest BCUT2D eigenvalue weighted by molar-refractivity contribution is 5.40. The lowest BCUT2D eigenvalue weighted by Crippen LogP contribution is -1.86. The van der Waals surface area contributed by atoms with E-state index in [0.717, 1.165) is 5.56 Å². The van der Waals surface area contributed by atoms with E-state index in [0.29, 0.717) is 11.6 Å². The molecule has 1 aromatic heterocycles. The molecule has 0 amide bonds. The second-order valence-electron chi connectivity index (χ2n) is 1.95. The van der Waals surface area contributed by atoms with E-state index in [1.165, 1.54) is 0 Å². The Bertz CT molecular complexity index is 220. The first-order valence-corrected chi connectivity index (χ1v) is 2.72. The molecule has 48 valence electrons.